The number of hydrogen-bond donors (Lipinski definition) is 2. The molecule has 7 heteroatoms. The quantitative estimate of drug-likeness (QED) is 0.396. The van der Waals surface area contributed by atoms with Gasteiger partial charge >= 0.3 is 11.7 Å². The van der Waals surface area contributed by atoms with Gasteiger partial charge in [0, 0.05) is 29.2 Å². The summed E-state index contributed by atoms with van der Waals surface area (Å²) in [6.45, 7) is 6.03. The highest BCUT2D eigenvalue weighted by Crippen LogP contribution is 2.28. The van der Waals surface area contributed by atoms with Crippen LogP contribution in [0, 0.1) is 5.92 Å². The lowest BCUT2D eigenvalue weighted by atomic mass is 10.0. The Kier molecular flexibility index (Phi) is 6.54. The van der Waals surface area contributed by atoms with Crippen molar-refractivity contribution >= 4 is 33.9 Å². The van der Waals surface area contributed by atoms with Gasteiger partial charge in [-0.2, -0.15) is 0 Å². The van der Waals surface area contributed by atoms with Gasteiger partial charge in [0.15, 0.2) is 0 Å². The van der Waals surface area contributed by atoms with Crippen LogP contribution in [0.15, 0.2) is 64.3 Å². The Morgan fingerprint density at radius 1 is 1.09 bits per heavy atom. The molecule has 0 saturated carbocycles. The van der Waals surface area contributed by atoms with Crippen LogP contribution in [0.3, 0.4) is 0 Å². The number of aromatic nitrogens is 3. The van der Waals surface area contributed by atoms with Crippen LogP contribution in [0.1, 0.15) is 50.8 Å². The Morgan fingerprint density at radius 3 is 2.59 bits per heavy atom. The predicted octanol–water partition coefficient (Wildman–Crippen LogP) is 4.79. The van der Waals surface area contributed by atoms with Crippen LogP contribution in [-0.4, -0.2) is 25.2 Å². The summed E-state index contributed by atoms with van der Waals surface area (Å²) in [4.78, 5) is 41.2. The fourth-order valence-corrected chi connectivity index (χ4v) is 4.33. The Morgan fingerprint density at radius 2 is 1.85 bits per heavy atom. The van der Waals surface area contributed by atoms with Crippen LogP contribution < -0.4 is 11.2 Å². The van der Waals surface area contributed by atoms with Crippen molar-refractivity contribution in [2.45, 2.75) is 46.2 Å². The molecule has 7 nitrogen and oxygen atoms in total. The number of carboxylic acid groups (broad SMARTS) is 1. The minimum atomic E-state index is -1.06. The van der Waals surface area contributed by atoms with Crippen LogP contribution in [0.25, 0.3) is 27.9 Å². The highest BCUT2D eigenvalue weighted by Gasteiger charge is 2.21. The lowest BCUT2D eigenvalue weighted by Gasteiger charge is -2.20. The van der Waals surface area contributed by atoms with E-state index >= 15 is 0 Å². The Hall–Kier alpha value is -3.87. The van der Waals surface area contributed by atoms with Crippen molar-refractivity contribution in [1.29, 1.82) is 0 Å². The number of H-pyrrole nitrogens is 1. The third-order valence-electron chi connectivity index (χ3n) is 6.12. The zero-order valence-electron chi connectivity index (χ0n) is 19.6. The van der Waals surface area contributed by atoms with Gasteiger partial charge in [0.05, 0.1) is 23.4 Å². The molecule has 0 aliphatic rings. The van der Waals surface area contributed by atoms with Gasteiger partial charge in [-0.1, -0.05) is 50.3 Å². The minimum Gasteiger partial charge on any atom is -0.481 e. The van der Waals surface area contributed by atoms with E-state index in [1.165, 1.54) is 0 Å². The molecular weight excluding hydrogens is 430 g/mol. The van der Waals surface area contributed by atoms with Gasteiger partial charge in [-0.25, -0.2) is 4.79 Å². The molecule has 2 heterocycles. The highest BCUT2D eigenvalue weighted by atomic mass is 16.4. The number of aliphatic carboxylic acids is 1. The molecule has 0 radical (unpaired) electrons. The summed E-state index contributed by atoms with van der Waals surface area (Å²) in [6.07, 6.45) is 6.59. The largest absolute Gasteiger partial charge is 0.481 e. The fraction of sp³-hybridized carbons (Fsp3) is 0.296. The molecule has 0 saturated heterocycles. The van der Waals surface area contributed by atoms with Crippen LogP contribution in [0.4, 0.5) is 0 Å². The van der Waals surface area contributed by atoms with E-state index < -0.39 is 23.3 Å². The molecule has 2 aromatic carbocycles. The smallest absolute Gasteiger partial charge is 0.332 e. The van der Waals surface area contributed by atoms with E-state index in [-0.39, 0.29) is 13.0 Å². The number of carbonyl (C=O) groups is 1. The summed E-state index contributed by atoms with van der Waals surface area (Å²) < 4.78 is 2.64. The number of fused-ring (bicyclic) bond motifs is 2. The summed E-state index contributed by atoms with van der Waals surface area (Å²) in [5, 5.41) is 10.5. The first-order valence-corrected chi connectivity index (χ1v) is 11.5. The number of benzene rings is 2. The molecule has 176 valence electrons. The average molecular weight is 460 g/mol. The standard InChI is InChI=1S/C27H29N3O4/c1-17(2)7-6-8-19-11-12-21-24(15-19)30(27(34)29(26(21)33)14-13-25(31)32)18(3)22-16-28-23-10-5-4-9-20(22)23/h4-6,8-12,15-18,28H,7,13-14H2,1-3H3,(H,31,32). The molecule has 1 unspecified atom stereocenters. The van der Waals surface area contributed by atoms with E-state index in [0.29, 0.717) is 16.8 Å². The van der Waals surface area contributed by atoms with E-state index in [9.17, 15) is 14.4 Å². The predicted molar refractivity (Wildman–Crippen MR) is 135 cm³/mol. The van der Waals surface area contributed by atoms with Crippen LogP contribution >= 0.6 is 0 Å². The second-order valence-corrected chi connectivity index (χ2v) is 9.03. The molecule has 0 aliphatic heterocycles. The molecule has 0 aliphatic carbocycles. The third-order valence-corrected chi connectivity index (χ3v) is 6.12. The number of allylic oxidation sites excluding steroid dienone is 1. The molecule has 0 bridgehead atoms. The van der Waals surface area contributed by atoms with Gasteiger partial charge < -0.3 is 10.1 Å². The second kappa shape index (κ2) is 9.55. The Bertz CT molecular complexity index is 1500. The normalized spacial score (nSPS) is 12.8. The summed E-state index contributed by atoms with van der Waals surface area (Å²) in [5.74, 6) is -0.536. The van der Waals surface area contributed by atoms with Crippen molar-refractivity contribution in [2.75, 3.05) is 0 Å². The number of hydrogen-bond acceptors (Lipinski definition) is 3. The highest BCUT2D eigenvalue weighted by molar-refractivity contribution is 5.85. The molecule has 0 amide bonds. The van der Waals surface area contributed by atoms with Gasteiger partial charge in [0.2, 0.25) is 0 Å². The van der Waals surface area contributed by atoms with Crippen molar-refractivity contribution in [3.63, 3.8) is 0 Å². The summed E-state index contributed by atoms with van der Waals surface area (Å²) in [5.41, 5.74) is 2.32. The first-order valence-electron chi connectivity index (χ1n) is 11.5. The SMILES string of the molecule is CC(C)CC=Cc1ccc2c(=O)n(CCC(=O)O)c(=O)n(C(C)c3c[nH]c4ccccc34)c2c1. The number of rotatable bonds is 8. The van der Waals surface area contributed by atoms with Crippen molar-refractivity contribution in [3.8, 4) is 0 Å². The van der Waals surface area contributed by atoms with Gasteiger partial charge in [-0.05, 0) is 43.0 Å². The van der Waals surface area contributed by atoms with Gasteiger partial charge in [-0.3, -0.25) is 18.7 Å². The molecule has 0 spiro atoms. The van der Waals surface area contributed by atoms with Crippen LogP contribution in [-0.2, 0) is 11.3 Å². The third kappa shape index (κ3) is 4.46. The lowest BCUT2D eigenvalue weighted by molar-refractivity contribution is -0.137. The van der Waals surface area contributed by atoms with Crippen LogP contribution in [0.2, 0.25) is 0 Å². The van der Waals surface area contributed by atoms with E-state index in [1.54, 1.807) is 10.6 Å². The van der Waals surface area contributed by atoms with E-state index in [0.717, 1.165) is 33.0 Å². The van der Waals surface area contributed by atoms with Crippen molar-refractivity contribution in [1.82, 2.24) is 14.1 Å². The number of nitrogens with one attached hydrogen (secondary N) is 1. The van der Waals surface area contributed by atoms with Crippen LogP contribution in [0.5, 0.6) is 0 Å². The molecule has 34 heavy (non-hydrogen) atoms. The van der Waals surface area contributed by atoms with Gasteiger partial charge in [-0.15, -0.1) is 0 Å². The zero-order chi connectivity index (χ0) is 24.4. The Labute approximate surface area is 197 Å². The topological polar surface area (TPSA) is 97.1 Å². The Balaban J connectivity index is 1.95. The lowest BCUT2D eigenvalue weighted by Crippen LogP contribution is -2.41. The second-order valence-electron chi connectivity index (χ2n) is 9.03. The summed E-state index contributed by atoms with van der Waals surface area (Å²) >= 11 is 0. The first kappa shape index (κ1) is 23.3. The number of nitrogens with zero attached hydrogens (tertiary/aromatic N) is 2. The number of aromatic amines is 1. The molecule has 0 fully saturated rings. The average Bonchev–Trinajstić information content (AvgIpc) is 3.22. The molecule has 4 aromatic rings. The molecular formula is C27H29N3O4. The molecule has 1 atom stereocenters. The van der Waals surface area contributed by atoms with E-state index in [1.807, 2.05) is 55.6 Å². The molecule has 2 N–H and O–H groups in total. The maximum absolute atomic E-state index is 13.6. The fourth-order valence-electron chi connectivity index (χ4n) is 4.33. The molecule has 2 aromatic heterocycles. The summed E-state index contributed by atoms with van der Waals surface area (Å²) in [6, 6.07) is 12.9. The van der Waals surface area contributed by atoms with Crippen molar-refractivity contribution in [3.05, 3.63) is 86.7 Å². The zero-order valence-corrected chi connectivity index (χ0v) is 19.6. The van der Waals surface area contributed by atoms with Crippen molar-refractivity contribution in [2.24, 2.45) is 5.92 Å². The van der Waals surface area contributed by atoms with Gasteiger partial charge in [0.25, 0.3) is 5.56 Å². The van der Waals surface area contributed by atoms with Crippen molar-refractivity contribution < 1.29 is 9.90 Å². The number of carboxylic acids is 1. The number of para-hydroxylation sites is 1. The van der Waals surface area contributed by atoms with Gasteiger partial charge in [0.1, 0.15) is 0 Å². The monoisotopic (exact) mass is 459 g/mol. The summed E-state index contributed by atoms with van der Waals surface area (Å²) in [7, 11) is 0. The van der Waals surface area contributed by atoms with E-state index in [4.69, 9.17) is 5.11 Å². The first-order chi connectivity index (χ1) is 16.3. The maximum Gasteiger partial charge on any atom is 0.332 e. The minimum absolute atomic E-state index is 0.181. The van der Waals surface area contributed by atoms with E-state index in [2.05, 4.69) is 24.9 Å². The maximum atomic E-state index is 13.6. The molecule has 4 rings (SSSR count).